The lowest BCUT2D eigenvalue weighted by Gasteiger charge is -2.24. The Morgan fingerprint density at radius 1 is 1.44 bits per heavy atom. The van der Waals surface area contributed by atoms with E-state index in [0.29, 0.717) is 12.1 Å². The minimum absolute atomic E-state index is 0.199. The second-order valence-electron chi connectivity index (χ2n) is 4.66. The maximum atomic E-state index is 11.8. The number of aryl methyl sites for hydroxylation is 1. The molecule has 0 saturated carbocycles. The Kier molecular flexibility index (Phi) is 3.34. The predicted molar refractivity (Wildman–Crippen MR) is 65.9 cm³/mol. The molecule has 1 aromatic rings. The van der Waals surface area contributed by atoms with Gasteiger partial charge in [-0.25, -0.2) is 4.79 Å². The molecule has 0 radical (unpaired) electrons. The molecule has 3 N–H and O–H groups in total. The van der Waals surface area contributed by atoms with E-state index in [4.69, 9.17) is 5.73 Å². The van der Waals surface area contributed by atoms with Gasteiger partial charge < -0.3 is 15.7 Å². The van der Waals surface area contributed by atoms with E-state index in [1.54, 1.807) is 12.1 Å². The number of hydrogen-bond acceptors (Lipinski definition) is 3. The molecule has 0 aromatic heterocycles. The van der Waals surface area contributed by atoms with Crippen LogP contribution in [0.2, 0.25) is 0 Å². The van der Waals surface area contributed by atoms with Crippen molar-refractivity contribution in [1.82, 2.24) is 4.90 Å². The van der Waals surface area contributed by atoms with Gasteiger partial charge in [0, 0.05) is 19.0 Å². The molecule has 1 heterocycles. The van der Waals surface area contributed by atoms with E-state index in [2.05, 4.69) is 0 Å². The van der Waals surface area contributed by atoms with E-state index in [9.17, 15) is 14.7 Å². The zero-order valence-corrected chi connectivity index (χ0v) is 10.2. The fraction of sp³-hybridized carbons (Fsp3) is 0.385. The summed E-state index contributed by atoms with van der Waals surface area (Å²) in [6.45, 7) is 2.22. The lowest BCUT2D eigenvalue weighted by atomic mass is 10.0. The molecule has 1 aliphatic heterocycles. The molecular weight excluding hydrogens is 232 g/mol. The molecule has 2 unspecified atom stereocenters. The summed E-state index contributed by atoms with van der Waals surface area (Å²) in [5.41, 5.74) is 7.36. The van der Waals surface area contributed by atoms with Gasteiger partial charge in [0.05, 0.1) is 0 Å². The number of carbonyl (C=O) groups excluding carboxylic acids is 1. The maximum Gasteiger partial charge on any atom is 0.331 e. The number of amides is 1. The van der Waals surface area contributed by atoms with Crippen molar-refractivity contribution in [2.24, 2.45) is 5.73 Å². The van der Waals surface area contributed by atoms with Gasteiger partial charge in [-0.05, 0) is 12.5 Å². The number of carbonyl (C=O) groups is 2. The molecule has 5 heteroatoms. The SMILES string of the molecule is Cc1ccc(C(C(=O)O)N2CC(N)CC2=O)cc1. The first-order chi connectivity index (χ1) is 8.49. The number of likely N-dealkylation sites (tertiary alicyclic amines) is 1. The third-order valence-corrected chi connectivity index (χ3v) is 3.13. The molecule has 96 valence electrons. The molecule has 1 saturated heterocycles. The maximum absolute atomic E-state index is 11.8. The Labute approximate surface area is 105 Å². The number of carboxylic acids is 1. The average molecular weight is 248 g/mol. The number of benzene rings is 1. The fourth-order valence-corrected chi connectivity index (χ4v) is 2.21. The van der Waals surface area contributed by atoms with Gasteiger partial charge in [0.1, 0.15) is 0 Å². The third kappa shape index (κ3) is 2.36. The molecule has 2 rings (SSSR count). The van der Waals surface area contributed by atoms with E-state index in [1.165, 1.54) is 4.90 Å². The molecule has 0 aliphatic carbocycles. The van der Waals surface area contributed by atoms with Gasteiger partial charge in [-0.15, -0.1) is 0 Å². The molecule has 0 spiro atoms. The number of hydrogen-bond donors (Lipinski definition) is 2. The van der Waals surface area contributed by atoms with Crippen LogP contribution in [0, 0.1) is 6.92 Å². The zero-order chi connectivity index (χ0) is 13.3. The zero-order valence-electron chi connectivity index (χ0n) is 10.2. The summed E-state index contributed by atoms with van der Waals surface area (Å²) in [5, 5.41) is 9.33. The quantitative estimate of drug-likeness (QED) is 0.824. The van der Waals surface area contributed by atoms with Gasteiger partial charge >= 0.3 is 5.97 Å². The highest BCUT2D eigenvalue weighted by molar-refractivity contribution is 5.86. The van der Waals surface area contributed by atoms with Crippen molar-refractivity contribution >= 4 is 11.9 Å². The first-order valence-electron chi connectivity index (χ1n) is 5.83. The first kappa shape index (κ1) is 12.6. The van der Waals surface area contributed by atoms with Gasteiger partial charge in [-0.3, -0.25) is 4.79 Å². The van der Waals surface area contributed by atoms with Crippen LogP contribution in [0.3, 0.4) is 0 Å². The highest BCUT2D eigenvalue weighted by atomic mass is 16.4. The number of rotatable bonds is 3. The summed E-state index contributed by atoms with van der Waals surface area (Å²) in [4.78, 5) is 24.5. The first-order valence-corrected chi connectivity index (χ1v) is 5.83. The molecule has 1 fully saturated rings. The average Bonchev–Trinajstić information content (AvgIpc) is 2.61. The lowest BCUT2D eigenvalue weighted by molar-refractivity contribution is -0.148. The number of carboxylic acid groups (broad SMARTS) is 1. The Morgan fingerprint density at radius 3 is 2.50 bits per heavy atom. The summed E-state index contributed by atoms with van der Waals surface area (Å²) in [5.74, 6) is -1.23. The van der Waals surface area contributed by atoms with Crippen molar-refractivity contribution in [3.05, 3.63) is 35.4 Å². The van der Waals surface area contributed by atoms with Crippen LogP contribution in [0.1, 0.15) is 23.6 Å². The van der Waals surface area contributed by atoms with E-state index in [0.717, 1.165) is 5.56 Å². The summed E-state index contributed by atoms with van der Waals surface area (Å²) >= 11 is 0. The standard InChI is InChI=1S/C13H16N2O3/c1-8-2-4-9(5-3-8)12(13(17)18)15-7-10(14)6-11(15)16/h2-5,10,12H,6-7,14H2,1H3,(H,17,18). The highest BCUT2D eigenvalue weighted by Gasteiger charge is 2.37. The largest absolute Gasteiger partial charge is 0.479 e. The Morgan fingerprint density at radius 2 is 2.06 bits per heavy atom. The van der Waals surface area contributed by atoms with Crippen LogP contribution < -0.4 is 5.73 Å². The van der Waals surface area contributed by atoms with Crippen molar-refractivity contribution in [3.8, 4) is 0 Å². The van der Waals surface area contributed by atoms with Gasteiger partial charge in [0.15, 0.2) is 6.04 Å². The van der Waals surface area contributed by atoms with Crippen LogP contribution in [0.4, 0.5) is 0 Å². The van der Waals surface area contributed by atoms with Crippen LogP contribution in [-0.4, -0.2) is 34.5 Å². The summed E-state index contributed by atoms with van der Waals surface area (Å²) in [6.07, 6.45) is 0.218. The predicted octanol–water partition coefficient (Wildman–Crippen LogP) is 0.680. The van der Waals surface area contributed by atoms with Crippen molar-refractivity contribution < 1.29 is 14.7 Å². The number of aliphatic carboxylic acids is 1. The molecule has 2 atom stereocenters. The Bertz CT molecular complexity index is 470. The van der Waals surface area contributed by atoms with E-state index >= 15 is 0 Å². The van der Waals surface area contributed by atoms with Crippen molar-refractivity contribution in [2.45, 2.75) is 25.4 Å². The van der Waals surface area contributed by atoms with E-state index < -0.39 is 12.0 Å². The molecule has 1 aliphatic rings. The second-order valence-corrected chi connectivity index (χ2v) is 4.66. The van der Waals surface area contributed by atoms with Crippen LogP contribution in [0.15, 0.2) is 24.3 Å². The molecule has 18 heavy (non-hydrogen) atoms. The summed E-state index contributed by atoms with van der Waals surface area (Å²) in [7, 11) is 0. The minimum atomic E-state index is -1.03. The van der Waals surface area contributed by atoms with Crippen LogP contribution >= 0.6 is 0 Å². The number of nitrogens with two attached hydrogens (primary N) is 1. The molecular formula is C13H16N2O3. The minimum Gasteiger partial charge on any atom is -0.479 e. The monoisotopic (exact) mass is 248 g/mol. The molecule has 5 nitrogen and oxygen atoms in total. The van der Waals surface area contributed by atoms with Crippen molar-refractivity contribution in [2.75, 3.05) is 6.54 Å². The van der Waals surface area contributed by atoms with Crippen molar-refractivity contribution in [3.63, 3.8) is 0 Å². The molecule has 0 bridgehead atoms. The molecule has 1 aromatic carbocycles. The second kappa shape index (κ2) is 4.78. The van der Waals surface area contributed by atoms with Gasteiger partial charge in [0.25, 0.3) is 0 Å². The van der Waals surface area contributed by atoms with E-state index in [1.807, 2.05) is 19.1 Å². The Balaban J connectivity index is 2.32. The van der Waals surface area contributed by atoms with Crippen LogP contribution in [-0.2, 0) is 9.59 Å². The van der Waals surface area contributed by atoms with E-state index in [-0.39, 0.29) is 18.4 Å². The van der Waals surface area contributed by atoms with Gasteiger partial charge in [-0.1, -0.05) is 29.8 Å². The smallest absolute Gasteiger partial charge is 0.331 e. The fourth-order valence-electron chi connectivity index (χ4n) is 2.21. The normalized spacial score (nSPS) is 21.1. The molecule has 1 amide bonds. The summed E-state index contributed by atoms with van der Waals surface area (Å²) in [6, 6.07) is 5.95. The topological polar surface area (TPSA) is 83.6 Å². The van der Waals surface area contributed by atoms with Crippen LogP contribution in [0.25, 0.3) is 0 Å². The van der Waals surface area contributed by atoms with Crippen LogP contribution in [0.5, 0.6) is 0 Å². The van der Waals surface area contributed by atoms with Gasteiger partial charge in [0.2, 0.25) is 5.91 Å². The third-order valence-electron chi connectivity index (χ3n) is 3.13. The van der Waals surface area contributed by atoms with Gasteiger partial charge in [-0.2, -0.15) is 0 Å². The number of nitrogens with zero attached hydrogens (tertiary/aromatic N) is 1. The van der Waals surface area contributed by atoms with Crippen molar-refractivity contribution in [1.29, 1.82) is 0 Å². The lowest BCUT2D eigenvalue weighted by Crippen LogP contribution is -2.36. The summed E-state index contributed by atoms with van der Waals surface area (Å²) < 4.78 is 0. The Hall–Kier alpha value is -1.88. The highest BCUT2D eigenvalue weighted by Crippen LogP contribution is 2.26.